The lowest BCUT2D eigenvalue weighted by atomic mass is 10.3. The van der Waals surface area contributed by atoms with Crippen molar-refractivity contribution in [2.24, 2.45) is 5.73 Å². The van der Waals surface area contributed by atoms with Crippen LogP contribution in [0.15, 0.2) is 10.6 Å². The standard InChI is InChI=1S/C10H15N5O/c1-4-15-8(5-6(2)13-15)10-12-9(7(3)11)14-16-10/h5,7H,4,11H2,1-3H3. The van der Waals surface area contributed by atoms with Crippen LogP contribution in [0.3, 0.4) is 0 Å². The first-order valence-corrected chi connectivity index (χ1v) is 5.25. The maximum absolute atomic E-state index is 5.67. The fourth-order valence-corrected chi connectivity index (χ4v) is 1.48. The number of rotatable bonds is 3. The highest BCUT2D eigenvalue weighted by molar-refractivity contribution is 5.47. The molecular formula is C10H15N5O. The first kappa shape index (κ1) is 10.8. The Kier molecular flexibility index (Phi) is 2.74. The summed E-state index contributed by atoms with van der Waals surface area (Å²) in [5, 5.41) is 8.14. The van der Waals surface area contributed by atoms with Crippen molar-refractivity contribution in [3.63, 3.8) is 0 Å². The summed E-state index contributed by atoms with van der Waals surface area (Å²) in [6.07, 6.45) is 0. The van der Waals surface area contributed by atoms with E-state index in [1.54, 1.807) is 0 Å². The van der Waals surface area contributed by atoms with Crippen LogP contribution < -0.4 is 5.73 Å². The van der Waals surface area contributed by atoms with Gasteiger partial charge in [0, 0.05) is 6.54 Å². The topological polar surface area (TPSA) is 82.8 Å². The predicted octanol–water partition coefficient (Wildman–Crippen LogP) is 1.28. The Hall–Kier alpha value is -1.69. The molecule has 0 aliphatic heterocycles. The highest BCUT2D eigenvalue weighted by Crippen LogP contribution is 2.19. The molecule has 2 aromatic rings. The Morgan fingerprint density at radius 2 is 2.31 bits per heavy atom. The summed E-state index contributed by atoms with van der Waals surface area (Å²) in [5.74, 6) is 0.978. The van der Waals surface area contributed by atoms with Gasteiger partial charge in [-0.3, -0.25) is 4.68 Å². The van der Waals surface area contributed by atoms with E-state index >= 15 is 0 Å². The molecule has 6 nitrogen and oxygen atoms in total. The van der Waals surface area contributed by atoms with Gasteiger partial charge in [0.05, 0.1) is 11.7 Å². The van der Waals surface area contributed by atoms with Gasteiger partial charge in [-0.15, -0.1) is 0 Å². The fourth-order valence-electron chi connectivity index (χ4n) is 1.48. The third-order valence-electron chi connectivity index (χ3n) is 2.27. The first-order chi connectivity index (χ1) is 7.61. The molecule has 0 saturated heterocycles. The highest BCUT2D eigenvalue weighted by atomic mass is 16.5. The molecule has 86 valence electrons. The van der Waals surface area contributed by atoms with Gasteiger partial charge in [0.25, 0.3) is 5.89 Å². The van der Waals surface area contributed by atoms with E-state index in [-0.39, 0.29) is 6.04 Å². The molecule has 0 aliphatic rings. The van der Waals surface area contributed by atoms with Gasteiger partial charge in [0.2, 0.25) is 0 Å². The maximum atomic E-state index is 5.67. The smallest absolute Gasteiger partial charge is 0.276 e. The zero-order chi connectivity index (χ0) is 11.7. The van der Waals surface area contributed by atoms with Gasteiger partial charge >= 0.3 is 0 Å². The van der Waals surface area contributed by atoms with E-state index in [0.29, 0.717) is 11.7 Å². The summed E-state index contributed by atoms with van der Waals surface area (Å²) in [4.78, 5) is 4.24. The van der Waals surface area contributed by atoms with E-state index in [2.05, 4.69) is 15.2 Å². The monoisotopic (exact) mass is 221 g/mol. The van der Waals surface area contributed by atoms with Crippen LogP contribution in [0.1, 0.15) is 31.4 Å². The molecule has 2 aromatic heterocycles. The van der Waals surface area contributed by atoms with E-state index in [1.165, 1.54) is 0 Å². The molecule has 2 rings (SSSR count). The molecular weight excluding hydrogens is 206 g/mol. The second-order valence-corrected chi connectivity index (χ2v) is 3.73. The predicted molar refractivity (Wildman–Crippen MR) is 58.5 cm³/mol. The van der Waals surface area contributed by atoms with Crippen molar-refractivity contribution in [1.82, 2.24) is 19.9 Å². The van der Waals surface area contributed by atoms with Gasteiger partial charge in [0.1, 0.15) is 5.69 Å². The first-order valence-electron chi connectivity index (χ1n) is 5.25. The molecule has 0 fully saturated rings. The van der Waals surface area contributed by atoms with Gasteiger partial charge in [-0.05, 0) is 26.8 Å². The minimum Gasteiger partial charge on any atom is -0.332 e. The third-order valence-corrected chi connectivity index (χ3v) is 2.27. The van der Waals surface area contributed by atoms with E-state index in [9.17, 15) is 0 Å². The summed E-state index contributed by atoms with van der Waals surface area (Å²) in [7, 11) is 0. The SMILES string of the molecule is CCn1nc(C)cc1-c1nc(C(C)N)no1. The number of nitrogens with zero attached hydrogens (tertiary/aromatic N) is 4. The van der Waals surface area contributed by atoms with Crippen LogP contribution >= 0.6 is 0 Å². The van der Waals surface area contributed by atoms with E-state index in [4.69, 9.17) is 10.3 Å². The average molecular weight is 221 g/mol. The molecule has 0 aromatic carbocycles. The summed E-state index contributed by atoms with van der Waals surface area (Å²) < 4.78 is 6.99. The summed E-state index contributed by atoms with van der Waals surface area (Å²) in [5.41, 5.74) is 7.43. The lowest BCUT2D eigenvalue weighted by Gasteiger charge is -1.98. The minimum atomic E-state index is -0.225. The Morgan fingerprint density at radius 3 is 2.88 bits per heavy atom. The number of aryl methyl sites for hydroxylation is 2. The van der Waals surface area contributed by atoms with Crippen LogP contribution in [0.25, 0.3) is 11.6 Å². The minimum absolute atomic E-state index is 0.225. The van der Waals surface area contributed by atoms with Crippen molar-refractivity contribution < 1.29 is 4.52 Å². The van der Waals surface area contributed by atoms with Crippen LogP contribution in [0.2, 0.25) is 0 Å². The van der Waals surface area contributed by atoms with Crippen LogP contribution in [0.5, 0.6) is 0 Å². The lowest BCUT2D eigenvalue weighted by Crippen LogP contribution is -2.06. The van der Waals surface area contributed by atoms with E-state index in [0.717, 1.165) is 17.9 Å². The number of aromatic nitrogens is 4. The molecule has 2 N–H and O–H groups in total. The van der Waals surface area contributed by atoms with Gasteiger partial charge in [-0.25, -0.2) is 0 Å². The molecule has 0 radical (unpaired) electrons. The number of hydrogen-bond donors (Lipinski definition) is 1. The molecule has 0 spiro atoms. The van der Waals surface area contributed by atoms with E-state index < -0.39 is 0 Å². The summed E-state index contributed by atoms with van der Waals surface area (Å²) in [6, 6.07) is 1.69. The van der Waals surface area contributed by atoms with E-state index in [1.807, 2.05) is 31.5 Å². The number of hydrogen-bond acceptors (Lipinski definition) is 5. The Morgan fingerprint density at radius 1 is 1.56 bits per heavy atom. The molecule has 16 heavy (non-hydrogen) atoms. The van der Waals surface area contributed by atoms with Crippen molar-refractivity contribution in [3.05, 3.63) is 17.6 Å². The Bertz CT molecular complexity index is 485. The van der Waals surface area contributed by atoms with Gasteiger partial charge in [-0.1, -0.05) is 5.16 Å². The van der Waals surface area contributed by atoms with Gasteiger partial charge in [-0.2, -0.15) is 10.1 Å². The van der Waals surface area contributed by atoms with Crippen molar-refractivity contribution in [3.8, 4) is 11.6 Å². The lowest BCUT2D eigenvalue weighted by molar-refractivity contribution is 0.414. The second-order valence-electron chi connectivity index (χ2n) is 3.73. The zero-order valence-corrected chi connectivity index (χ0v) is 9.64. The van der Waals surface area contributed by atoms with Crippen molar-refractivity contribution >= 4 is 0 Å². The van der Waals surface area contributed by atoms with Crippen molar-refractivity contribution in [1.29, 1.82) is 0 Å². The quantitative estimate of drug-likeness (QED) is 0.844. The normalized spacial score (nSPS) is 13.0. The molecule has 6 heteroatoms. The molecule has 0 aliphatic carbocycles. The third kappa shape index (κ3) is 1.83. The largest absolute Gasteiger partial charge is 0.332 e. The molecule has 0 amide bonds. The molecule has 0 saturated carbocycles. The van der Waals surface area contributed by atoms with Gasteiger partial charge in [0.15, 0.2) is 5.82 Å². The summed E-state index contributed by atoms with van der Waals surface area (Å²) in [6.45, 7) is 6.52. The van der Waals surface area contributed by atoms with Crippen LogP contribution in [0, 0.1) is 6.92 Å². The molecule has 0 bridgehead atoms. The van der Waals surface area contributed by atoms with Crippen LogP contribution in [0.4, 0.5) is 0 Å². The average Bonchev–Trinajstić information content (AvgIpc) is 2.82. The zero-order valence-electron chi connectivity index (χ0n) is 9.64. The Labute approximate surface area is 93.4 Å². The second kappa shape index (κ2) is 4.05. The maximum Gasteiger partial charge on any atom is 0.276 e. The Balaban J connectivity index is 2.41. The van der Waals surface area contributed by atoms with Crippen molar-refractivity contribution in [2.45, 2.75) is 33.4 Å². The molecule has 1 unspecified atom stereocenters. The summed E-state index contributed by atoms with van der Waals surface area (Å²) >= 11 is 0. The van der Waals surface area contributed by atoms with Crippen LogP contribution in [-0.2, 0) is 6.54 Å². The van der Waals surface area contributed by atoms with Crippen LogP contribution in [-0.4, -0.2) is 19.9 Å². The highest BCUT2D eigenvalue weighted by Gasteiger charge is 2.15. The van der Waals surface area contributed by atoms with Crippen molar-refractivity contribution in [2.75, 3.05) is 0 Å². The molecule has 1 atom stereocenters. The van der Waals surface area contributed by atoms with Gasteiger partial charge < -0.3 is 10.3 Å². The number of nitrogens with two attached hydrogens (primary N) is 1. The fraction of sp³-hybridized carbons (Fsp3) is 0.500. The molecule has 2 heterocycles.